The number of rotatable bonds is 6. The standard InChI is InChI=1S/C25H21ClN4O2S/c1-16-14-30-23(27)21(24(31)28-25(30)33-16)13-17-15-29(22-6-3-2-5-20(17)22)11-4-12-32-19-9-7-18(26)8-10-19/h2-3,5-10,13-15,27H,4,11-12H2,1H3. The Balaban J connectivity index is 1.37. The smallest absolute Gasteiger partial charge is 0.283 e. The largest absolute Gasteiger partial charge is 0.494 e. The molecular formula is C25H21ClN4O2S. The van der Waals surface area contributed by atoms with Gasteiger partial charge in [-0.1, -0.05) is 41.6 Å². The number of carbonyl (C=O) groups is 1. The Morgan fingerprint density at radius 1 is 1.18 bits per heavy atom. The second kappa shape index (κ2) is 8.92. The number of nitrogens with zero attached hydrogens (tertiary/aromatic N) is 3. The fourth-order valence-corrected chi connectivity index (χ4v) is 4.83. The number of ether oxygens (including phenoxy) is 1. The first-order valence-corrected chi connectivity index (χ1v) is 11.7. The van der Waals surface area contributed by atoms with Gasteiger partial charge in [-0.25, -0.2) is 0 Å². The van der Waals surface area contributed by atoms with Gasteiger partial charge in [-0.15, -0.1) is 0 Å². The fraction of sp³-hybridized carbons (Fsp3) is 0.160. The summed E-state index contributed by atoms with van der Waals surface area (Å²) in [6.45, 7) is 3.27. The summed E-state index contributed by atoms with van der Waals surface area (Å²) in [5, 5.41) is 10.8. The number of fused-ring (bicyclic) bond motifs is 2. The van der Waals surface area contributed by atoms with Gasteiger partial charge in [0.1, 0.15) is 11.6 Å². The van der Waals surface area contributed by atoms with E-state index in [9.17, 15) is 4.79 Å². The van der Waals surface area contributed by atoms with Gasteiger partial charge in [0.05, 0.1) is 12.2 Å². The summed E-state index contributed by atoms with van der Waals surface area (Å²) in [7, 11) is 0. The van der Waals surface area contributed by atoms with E-state index >= 15 is 0 Å². The number of thioether (sulfide) groups is 1. The minimum atomic E-state index is -0.380. The van der Waals surface area contributed by atoms with E-state index < -0.39 is 0 Å². The highest BCUT2D eigenvalue weighted by atomic mass is 35.5. The SMILES string of the molecule is CC1=CN2C(=N)C(=Cc3cn(CCCOc4ccc(Cl)cc4)c4ccccc34)C(=O)N=C2S1. The molecular weight excluding hydrogens is 456 g/mol. The quantitative estimate of drug-likeness (QED) is 0.353. The Morgan fingerprint density at radius 3 is 2.79 bits per heavy atom. The van der Waals surface area contributed by atoms with Crippen molar-refractivity contribution >= 4 is 57.3 Å². The second-order valence-electron chi connectivity index (χ2n) is 7.77. The highest BCUT2D eigenvalue weighted by Gasteiger charge is 2.33. The predicted octanol–water partition coefficient (Wildman–Crippen LogP) is 5.93. The van der Waals surface area contributed by atoms with Gasteiger partial charge >= 0.3 is 0 Å². The van der Waals surface area contributed by atoms with Gasteiger partial charge in [-0.3, -0.25) is 15.1 Å². The van der Waals surface area contributed by atoms with Crippen molar-refractivity contribution < 1.29 is 9.53 Å². The zero-order chi connectivity index (χ0) is 22.9. The number of hydrogen-bond acceptors (Lipinski definition) is 4. The summed E-state index contributed by atoms with van der Waals surface area (Å²) in [4.78, 5) is 19.5. The highest BCUT2D eigenvalue weighted by molar-refractivity contribution is 8.17. The third kappa shape index (κ3) is 4.34. The molecule has 166 valence electrons. The number of para-hydroxylation sites is 1. The second-order valence-corrected chi connectivity index (χ2v) is 9.42. The van der Waals surface area contributed by atoms with E-state index in [-0.39, 0.29) is 11.7 Å². The number of aryl methyl sites for hydroxylation is 1. The number of hydrogen-bond donors (Lipinski definition) is 1. The van der Waals surface area contributed by atoms with Crippen molar-refractivity contribution in [3.8, 4) is 5.75 Å². The van der Waals surface area contributed by atoms with Crippen LogP contribution in [0.1, 0.15) is 18.9 Å². The number of allylic oxidation sites excluding steroid dienone is 1. The summed E-state index contributed by atoms with van der Waals surface area (Å²) in [6, 6.07) is 15.4. The maximum Gasteiger partial charge on any atom is 0.283 e. The van der Waals surface area contributed by atoms with Crippen LogP contribution in [-0.2, 0) is 11.3 Å². The summed E-state index contributed by atoms with van der Waals surface area (Å²) in [6.07, 6.45) is 6.46. The highest BCUT2D eigenvalue weighted by Crippen LogP contribution is 2.33. The molecule has 2 aromatic carbocycles. The molecule has 0 aliphatic carbocycles. The Morgan fingerprint density at radius 2 is 1.97 bits per heavy atom. The summed E-state index contributed by atoms with van der Waals surface area (Å²) in [5.74, 6) is 0.568. The predicted molar refractivity (Wildman–Crippen MR) is 135 cm³/mol. The summed E-state index contributed by atoms with van der Waals surface area (Å²) >= 11 is 7.33. The number of aromatic nitrogens is 1. The lowest BCUT2D eigenvalue weighted by Crippen LogP contribution is -2.35. The van der Waals surface area contributed by atoms with Crippen molar-refractivity contribution in [1.82, 2.24) is 9.47 Å². The topological polar surface area (TPSA) is 70.7 Å². The average molecular weight is 477 g/mol. The van der Waals surface area contributed by atoms with E-state index in [1.807, 2.05) is 61.8 Å². The first-order valence-electron chi connectivity index (χ1n) is 10.5. The molecule has 1 N–H and O–H groups in total. The van der Waals surface area contributed by atoms with Crippen LogP contribution in [0.2, 0.25) is 5.02 Å². The van der Waals surface area contributed by atoms with Crippen molar-refractivity contribution in [2.45, 2.75) is 19.9 Å². The van der Waals surface area contributed by atoms with Crippen molar-refractivity contribution in [2.24, 2.45) is 4.99 Å². The van der Waals surface area contributed by atoms with E-state index in [0.29, 0.717) is 22.4 Å². The maximum atomic E-state index is 12.7. The number of amidine groups is 2. The molecule has 0 unspecified atom stereocenters. The van der Waals surface area contributed by atoms with Gasteiger partial charge in [-0.05, 0) is 49.8 Å². The lowest BCUT2D eigenvalue weighted by atomic mass is 10.1. The number of carbonyl (C=O) groups excluding carboxylic acids is 1. The van der Waals surface area contributed by atoms with Crippen LogP contribution >= 0.6 is 23.4 Å². The number of halogens is 1. The molecule has 3 aromatic rings. The monoisotopic (exact) mass is 476 g/mol. The molecule has 3 heterocycles. The van der Waals surface area contributed by atoms with Crippen LogP contribution in [0.3, 0.4) is 0 Å². The maximum absolute atomic E-state index is 12.7. The Hall–Kier alpha value is -3.29. The number of benzene rings is 2. The van der Waals surface area contributed by atoms with Crippen molar-refractivity contribution in [3.05, 3.63) is 82.0 Å². The van der Waals surface area contributed by atoms with Gasteiger partial charge in [0.15, 0.2) is 5.17 Å². The van der Waals surface area contributed by atoms with Crippen LogP contribution in [0, 0.1) is 5.41 Å². The first kappa shape index (κ1) is 21.6. The van der Waals surface area contributed by atoms with Crippen LogP contribution in [-0.4, -0.2) is 33.0 Å². The molecule has 6 nitrogen and oxygen atoms in total. The van der Waals surface area contributed by atoms with Crippen molar-refractivity contribution in [2.75, 3.05) is 6.61 Å². The molecule has 33 heavy (non-hydrogen) atoms. The Bertz CT molecular complexity index is 1350. The normalized spacial score (nSPS) is 16.9. The molecule has 0 spiro atoms. The zero-order valence-corrected chi connectivity index (χ0v) is 19.5. The number of aliphatic imine (C=N–C) groups is 1. The fourth-order valence-electron chi connectivity index (χ4n) is 3.89. The molecule has 0 saturated heterocycles. The van der Waals surface area contributed by atoms with E-state index in [1.54, 1.807) is 11.0 Å². The van der Waals surface area contributed by atoms with Crippen molar-refractivity contribution in [1.29, 1.82) is 5.41 Å². The zero-order valence-electron chi connectivity index (χ0n) is 17.9. The molecule has 0 saturated carbocycles. The van der Waals surface area contributed by atoms with E-state index in [1.165, 1.54) is 11.8 Å². The third-order valence-electron chi connectivity index (χ3n) is 5.44. The van der Waals surface area contributed by atoms with Gasteiger partial charge in [0.25, 0.3) is 5.91 Å². The van der Waals surface area contributed by atoms with Crippen LogP contribution in [0.15, 0.2) is 76.4 Å². The van der Waals surface area contributed by atoms with Gasteiger partial charge < -0.3 is 9.30 Å². The molecule has 2 aliphatic heterocycles. The van der Waals surface area contributed by atoms with Crippen LogP contribution < -0.4 is 4.74 Å². The minimum Gasteiger partial charge on any atom is -0.494 e. The van der Waals surface area contributed by atoms with Crippen LogP contribution in [0.25, 0.3) is 17.0 Å². The number of amides is 1. The molecule has 2 aliphatic rings. The van der Waals surface area contributed by atoms with Gasteiger partial charge in [0, 0.05) is 45.3 Å². The van der Waals surface area contributed by atoms with E-state index in [0.717, 1.165) is 40.1 Å². The third-order valence-corrected chi connectivity index (χ3v) is 6.59. The summed E-state index contributed by atoms with van der Waals surface area (Å²) in [5.41, 5.74) is 2.25. The van der Waals surface area contributed by atoms with Crippen LogP contribution in [0.5, 0.6) is 5.75 Å². The van der Waals surface area contributed by atoms with E-state index in [4.69, 9.17) is 21.7 Å². The molecule has 1 amide bonds. The van der Waals surface area contributed by atoms with Crippen LogP contribution in [0.4, 0.5) is 0 Å². The average Bonchev–Trinajstić information content (AvgIpc) is 3.35. The lowest BCUT2D eigenvalue weighted by Gasteiger charge is -2.22. The van der Waals surface area contributed by atoms with E-state index in [2.05, 4.69) is 15.6 Å². The first-order chi connectivity index (χ1) is 16.0. The van der Waals surface area contributed by atoms with Gasteiger partial charge in [0.2, 0.25) is 0 Å². The molecule has 1 aromatic heterocycles. The summed E-state index contributed by atoms with van der Waals surface area (Å²) < 4.78 is 7.98. The van der Waals surface area contributed by atoms with Gasteiger partial charge in [-0.2, -0.15) is 4.99 Å². The number of nitrogens with one attached hydrogen (secondary N) is 1. The molecule has 5 rings (SSSR count). The van der Waals surface area contributed by atoms with Crippen molar-refractivity contribution in [3.63, 3.8) is 0 Å². The Kier molecular flexibility index (Phi) is 5.83. The molecule has 0 bridgehead atoms. The molecule has 0 fully saturated rings. The molecule has 0 radical (unpaired) electrons. The lowest BCUT2D eigenvalue weighted by molar-refractivity contribution is -0.114. The Labute approximate surface area is 200 Å². The molecule has 8 heteroatoms. The minimum absolute atomic E-state index is 0.155. The molecule has 0 atom stereocenters.